The fourth-order valence-electron chi connectivity index (χ4n) is 1.15. The molecule has 0 aromatic carbocycles. The number of nitrogens with one attached hydrogen (secondary N) is 1. The summed E-state index contributed by atoms with van der Waals surface area (Å²) in [4.78, 5) is 19.7. The van der Waals surface area contributed by atoms with Gasteiger partial charge in [0.2, 0.25) is 0 Å². The Morgan fingerprint density at radius 2 is 2.35 bits per heavy atom. The lowest BCUT2D eigenvalue weighted by atomic mass is 10.4. The van der Waals surface area contributed by atoms with Gasteiger partial charge in [0.1, 0.15) is 15.9 Å². The first-order valence-electron chi connectivity index (χ1n) is 4.76. The van der Waals surface area contributed by atoms with E-state index in [1.165, 1.54) is 17.5 Å². The number of amides is 1. The molecule has 0 spiro atoms. The van der Waals surface area contributed by atoms with Crippen LogP contribution in [0.15, 0.2) is 23.7 Å². The summed E-state index contributed by atoms with van der Waals surface area (Å²) >= 11 is 7.00. The smallest absolute Gasteiger partial charge is 0.275 e. The highest BCUT2D eigenvalue weighted by Gasteiger charge is 2.10. The third-order valence-corrected chi connectivity index (χ3v) is 3.04. The van der Waals surface area contributed by atoms with Crippen LogP contribution in [-0.4, -0.2) is 15.9 Å². The molecule has 0 fully saturated rings. The summed E-state index contributed by atoms with van der Waals surface area (Å²) in [5.74, 6) is -0.287. The van der Waals surface area contributed by atoms with E-state index in [1.807, 2.05) is 0 Å². The van der Waals surface area contributed by atoms with Crippen molar-refractivity contribution in [1.82, 2.24) is 9.97 Å². The predicted octanol–water partition coefficient (Wildman–Crippen LogP) is 1.90. The van der Waals surface area contributed by atoms with Gasteiger partial charge in [-0.15, -0.1) is 11.3 Å². The van der Waals surface area contributed by atoms with Crippen LogP contribution in [0.4, 0.5) is 5.69 Å². The van der Waals surface area contributed by atoms with E-state index in [2.05, 4.69) is 15.3 Å². The van der Waals surface area contributed by atoms with Crippen LogP contribution in [0.25, 0.3) is 0 Å². The van der Waals surface area contributed by atoms with Crippen molar-refractivity contribution in [3.8, 4) is 0 Å². The highest BCUT2D eigenvalue weighted by molar-refractivity contribution is 7.09. The zero-order valence-corrected chi connectivity index (χ0v) is 10.3. The van der Waals surface area contributed by atoms with Gasteiger partial charge < -0.3 is 11.1 Å². The lowest BCUT2D eigenvalue weighted by Gasteiger charge is -2.01. The van der Waals surface area contributed by atoms with Gasteiger partial charge in [0.25, 0.3) is 5.91 Å². The molecule has 5 nitrogen and oxygen atoms in total. The Morgan fingerprint density at radius 3 is 2.94 bits per heavy atom. The number of nitrogens with two attached hydrogens (primary N) is 1. The number of carbonyl (C=O) groups is 1. The lowest BCUT2D eigenvalue weighted by Crippen LogP contribution is -2.12. The third-order valence-electron chi connectivity index (χ3n) is 1.94. The summed E-state index contributed by atoms with van der Waals surface area (Å²) < 4.78 is 0. The molecule has 7 heteroatoms. The maximum Gasteiger partial charge on any atom is 0.275 e. The van der Waals surface area contributed by atoms with Crippen molar-refractivity contribution in [2.45, 2.75) is 6.54 Å². The number of aromatic nitrogens is 2. The zero-order chi connectivity index (χ0) is 12.3. The number of carbonyl (C=O) groups excluding carboxylic acids is 1. The van der Waals surface area contributed by atoms with Crippen LogP contribution >= 0.6 is 22.9 Å². The van der Waals surface area contributed by atoms with E-state index >= 15 is 0 Å². The van der Waals surface area contributed by atoms with Gasteiger partial charge >= 0.3 is 0 Å². The Labute approximate surface area is 107 Å². The minimum atomic E-state index is -0.287. The molecule has 2 rings (SSSR count). The maximum atomic E-state index is 11.8. The second-order valence-corrected chi connectivity index (χ2v) is 4.48. The van der Waals surface area contributed by atoms with Gasteiger partial charge in [0, 0.05) is 11.9 Å². The topological polar surface area (TPSA) is 80.9 Å². The van der Waals surface area contributed by atoms with Crippen LogP contribution in [-0.2, 0) is 6.54 Å². The minimum Gasteiger partial charge on any atom is -0.325 e. The van der Waals surface area contributed by atoms with Crippen LogP contribution in [0.1, 0.15) is 15.5 Å². The van der Waals surface area contributed by atoms with Gasteiger partial charge in [-0.05, 0) is 12.1 Å². The maximum absolute atomic E-state index is 11.8. The van der Waals surface area contributed by atoms with E-state index in [4.69, 9.17) is 17.3 Å². The molecule has 0 radical (unpaired) electrons. The Morgan fingerprint density at radius 1 is 1.53 bits per heavy atom. The quantitative estimate of drug-likeness (QED) is 0.833. The molecule has 0 saturated carbocycles. The second kappa shape index (κ2) is 5.22. The number of anilines is 1. The van der Waals surface area contributed by atoms with Crippen LogP contribution in [0.3, 0.4) is 0 Å². The summed E-state index contributed by atoms with van der Waals surface area (Å²) in [5.41, 5.74) is 6.35. The molecule has 0 atom stereocenters. The number of rotatable bonds is 3. The van der Waals surface area contributed by atoms with Crippen molar-refractivity contribution in [1.29, 1.82) is 0 Å². The van der Waals surface area contributed by atoms with Gasteiger partial charge in [-0.25, -0.2) is 9.97 Å². The summed E-state index contributed by atoms with van der Waals surface area (Å²) in [7, 11) is 0. The molecule has 2 aromatic heterocycles. The van der Waals surface area contributed by atoms with E-state index < -0.39 is 0 Å². The molecular formula is C10H9ClN4OS. The monoisotopic (exact) mass is 268 g/mol. The molecule has 1 amide bonds. The molecule has 0 aliphatic heterocycles. The Bertz CT molecular complexity index is 525. The van der Waals surface area contributed by atoms with E-state index in [1.54, 1.807) is 17.5 Å². The molecule has 0 saturated heterocycles. The average molecular weight is 269 g/mol. The Balaban J connectivity index is 2.08. The summed E-state index contributed by atoms with van der Waals surface area (Å²) in [6, 6.07) is 3.27. The van der Waals surface area contributed by atoms with Crippen LogP contribution in [0, 0.1) is 0 Å². The van der Waals surface area contributed by atoms with Crippen molar-refractivity contribution in [2.75, 3.05) is 5.32 Å². The third kappa shape index (κ3) is 3.00. The first kappa shape index (κ1) is 12.0. The zero-order valence-electron chi connectivity index (χ0n) is 8.68. The number of pyridine rings is 1. The Kier molecular flexibility index (Phi) is 3.68. The van der Waals surface area contributed by atoms with Gasteiger partial charge in [-0.2, -0.15) is 0 Å². The molecule has 88 valence electrons. The summed E-state index contributed by atoms with van der Waals surface area (Å²) in [6.07, 6.45) is 1.48. The van der Waals surface area contributed by atoms with Gasteiger partial charge in [0.05, 0.1) is 11.9 Å². The molecule has 17 heavy (non-hydrogen) atoms. The largest absolute Gasteiger partial charge is 0.325 e. The summed E-state index contributed by atoms with van der Waals surface area (Å²) in [5, 5.41) is 5.44. The molecular weight excluding hydrogens is 260 g/mol. The fraction of sp³-hybridized carbons (Fsp3) is 0.100. The summed E-state index contributed by atoms with van der Waals surface area (Å²) in [6.45, 7) is 0.334. The van der Waals surface area contributed by atoms with Crippen LogP contribution < -0.4 is 11.1 Å². The fourth-order valence-corrected chi connectivity index (χ4v) is 1.92. The molecule has 3 N–H and O–H groups in total. The normalized spacial score (nSPS) is 10.2. The van der Waals surface area contributed by atoms with Crippen molar-refractivity contribution < 1.29 is 4.79 Å². The van der Waals surface area contributed by atoms with E-state index in [-0.39, 0.29) is 5.91 Å². The number of halogens is 1. The van der Waals surface area contributed by atoms with Crippen LogP contribution in [0.5, 0.6) is 0 Å². The van der Waals surface area contributed by atoms with Crippen LogP contribution in [0.2, 0.25) is 5.15 Å². The van der Waals surface area contributed by atoms with Gasteiger partial charge in [-0.3, -0.25) is 4.79 Å². The first-order valence-corrected chi connectivity index (χ1v) is 6.02. The van der Waals surface area contributed by atoms with E-state index in [0.717, 1.165) is 5.01 Å². The molecule has 2 heterocycles. The van der Waals surface area contributed by atoms with E-state index in [9.17, 15) is 4.79 Å². The predicted molar refractivity (Wildman–Crippen MR) is 67.2 cm³/mol. The number of thiazole rings is 1. The number of hydrogen-bond acceptors (Lipinski definition) is 5. The number of hydrogen-bond donors (Lipinski definition) is 2. The molecule has 0 aliphatic rings. The average Bonchev–Trinajstić information content (AvgIpc) is 2.81. The SMILES string of the molecule is NCc1nc(C(=O)Nc2ccc(Cl)nc2)cs1. The van der Waals surface area contributed by atoms with Crippen molar-refractivity contribution in [3.63, 3.8) is 0 Å². The minimum absolute atomic E-state index is 0.287. The lowest BCUT2D eigenvalue weighted by molar-refractivity contribution is 0.102. The van der Waals surface area contributed by atoms with Gasteiger partial charge in [0.15, 0.2) is 0 Å². The Hall–Kier alpha value is -1.50. The van der Waals surface area contributed by atoms with Crippen molar-refractivity contribution in [2.24, 2.45) is 5.73 Å². The van der Waals surface area contributed by atoms with E-state index in [0.29, 0.717) is 23.1 Å². The molecule has 0 bridgehead atoms. The van der Waals surface area contributed by atoms with Crippen molar-refractivity contribution in [3.05, 3.63) is 39.6 Å². The molecule has 2 aromatic rings. The molecule has 0 unspecified atom stereocenters. The standard InChI is InChI=1S/C10H9ClN4OS/c11-8-2-1-6(4-13-8)14-10(16)7-5-17-9(3-12)15-7/h1-2,4-5H,3,12H2,(H,14,16). The van der Waals surface area contributed by atoms with Gasteiger partial charge in [-0.1, -0.05) is 11.6 Å². The highest BCUT2D eigenvalue weighted by Crippen LogP contribution is 2.13. The van der Waals surface area contributed by atoms with Crippen molar-refractivity contribution >= 4 is 34.5 Å². The first-order chi connectivity index (χ1) is 8.19. The highest BCUT2D eigenvalue weighted by atomic mass is 35.5. The number of nitrogens with zero attached hydrogens (tertiary/aromatic N) is 2. The molecule has 0 aliphatic carbocycles. The second-order valence-electron chi connectivity index (χ2n) is 3.15.